The number of guanidine groups is 1. The van der Waals surface area contributed by atoms with Gasteiger partial charge in [0.25, 0.3) is 0 Å². The fourth-order valence-electron chi connectivity index (χ4n) is 2.72. The third-order valence-corrected chi connectivity index (χ3v) is 4.09. The van der Waals surface area contributed by atoms with E-state index < -0.39 is 0 Å². The average Bonchev–Trinajstić information content (AvgIpc) is 3.14. The van der Waals surface area contributed by atoms with E-state index in [1.165, 1.54) is 25.7 Å². The fraction of sp³-hybridized carbons (Fsp3) is 0.867. The molecule has 1 unspecified atom stereocenters. The van der Waals surface area contributed by atoms with Crippen molar-refractivity contribution in [1.82, 2.24) is 15.5 Å². The van der Waals surface area contributed by atoms with Crippen molar-refractivity contribution in [3.8, 4) is 0 Å². The highest BCUT2D eigenvalue weighted by atomic mass is 127. The second kappa shape index (κ2) is 10.3. The van der Waals surface area contributed by atoms with Crippen molar-refractivity contribution >= 4 is 35.8 Å². The van der Waals surface area contributed by atoms with Gasteiger partial charge in [-0.05, 0) is 25.7 Å². The molecular formula is C15H29IN4O2. The van der Waals surface area contributed by atoms with Gasteiger partial charge in [0.05, 0.1) is 6.10 Å². The summed E-state index contributed by atoms with van der Waals surface area (Å²) in [5.74, 6) is 0.757. The number of likely N-dealkylation sites (N-methyl/N-ethyl adjacent to an activating group) is 1. The lowest BCUT2D eigenvalue weighted by molar-refractivity contribution is -0.127. The molecule has 0 radical (unpaired) electrons. The Morgan fingerprint density at radius 1 is 1.23 bits per heavy atom. The number of hydrogen-bond donors (Lipinski definition) is 2. The molecule has 0 bridgehead atoms. The van der Waals surface area contributed by atoms with Gasteiger partial charge in [0.2, 0.25) is 5.91 Å². The second-order valence-electron chi connectivity index (χ2n) is 6.09. The van der Waals surface area contributed by atoms with Gasteiger partial charge in [-0.15, -0.1) is 24.0 Å². The van der Waals surface area contributed by atoms with Gasteiger partial charge in [-0.1, -0.05) is 12.8 Å². The van der Waals surface area contributed by atoms with Crippen molar-refractivity contribution in [2.75, 3.05) is 33.8 Å². The molecule has 128 valence electrons. The Morgan fingerprint density at radius 3 is 2.55 bits per heavy atom. The molecule has 7 heteroatoms. The predicted octanol–water partition coefficient (Wildman–Crippen LogP) is 1.35. The summed E-state index contributed by atoms with van der Waals surface area (Å²) in [6.45, 7) is 1.79. The lowest BCUT2D eigenvalue weighted by Crippen LogP contribution is -2.45. The molecular weight excluding hydrogens is 395 g/mol. The number of ether oxygens (including phenoxy) is 1. The summed E-state index contributed by atoms with van der Waals surface area (Å²) in [6, 6.07) is 0.482. The Kier molecular flexibility index (Phi) is 9.08. The van der Waals surface area contributed by atoms with Gasteiger partial charge in [0.1, 0.15) is 6.54 Å². The number of hydrogen-bond acceptors (Lipinski definition) is 3. The first-order chi connectivity index (χ1) is 10.1. The van der Waals surface area contributed by atoms with Crippen molar-refractivity contribution in [3.05, 3.63) is 0 Å². The van der Waals surface area contributed by atoms with Crippen LogP contribution in [0.1, 0.15) is 38.5 Å². The summed E-state index contributed by atoms with van der Waals surface area (Å²) in [6.07, 6.45) is 7.41. The van der Waals surface area contributed by atoms with E-state index in [2.05, 4.69) is 15.6 Å². The van der Waals surface area contributed by atoms with Crippen LogP contribution in [-0.4, -0.2) is 62.7 Å². The summed E-state index contributed by atoms with van der Waals surface area (Å²) in [7, 11) is 3.50. The number of rotatable bonds is 5. The van der Waals surface area contributed by atoms with Crippen molar-refractivity contribution in [2.24, 2.45) is 4.99 Å². The second-order valence-corrected chi connectivity index (χ2v) is 6.09. The van der Waals surface area contributed by atoms with Gasteiger partial charge in [-0.25, -0.2) is 4.99 Å². The molecule has 0 spiro atoms. The monoisotopic (exact) mass is 424 g/mol. The van der Waals surface area contributed by atoms with Crippen LogP contribution in [0, 0.1) is 0 Å². The normalized spacial score (nSPS) is 22.3. The Labute approximate surface area is 150 Å². The number of nitrogens with zero attached hydrogens (tertiary/aromatic N) is 2. The molecule has 1 heterocycles. The molecule has 1 atom stereocenters. The molecule has 1 aliphatic carbocycles. The molecule has 2 N–H and O–H groups in total. The van der Waals surface area contributed by atoms with Crippen LogP contribution in [0.5, 0.6) is 0 Å². The molecule has 6 nitrogen and oxygen atoms in total. The number of carbonyl (C=O) groups excluding carboxylic acids is 1. The van der Waals surface area contributed by atoms with Crippen LogP contribution in [-0.2, 0) is 9.53 Å². The van der Waals surface area contributed by atoms with E-state index in [1.54, 1.807) is 19.0 Å². The number of halogens is 1. The standard InChI is InChI=1S/C15H28N4O2.HI/c1-19(2)14(20)11-17-15(18-12-6-3-4-7-12)16-10-13-8-5-9-21-13;/h12-13H,3-11H2,1-2H3,(H2,16,17,18);1H. The molecule has 2 aliphatic rings. The lowest BCUT2D eigenvalue weighted by atomic mass is 10.2. The molecule has 0 aromatic carbocycles. The van der Waals surface area contributed by atoms with Crippen LogP contribution in [0.15, 0.2) is 4.99 Å². The minimum absolute atomic E-state index is 0. The van der Waals surface area contributed by atoms with Gasteiger partial charge >= 0.3 is 0 Å². The molecule has 22 heavy (non-hydrogen) atoms. The Morgan fingerprint density at radius 2 is 1.95 bits per heavy atom. The molecule has 0 aromatic rings. The molecule has 1 saturated carbocycles. The van der Waals surface area contributed by atoms with Crippen molar-refractivity contribution < 1.29 is 9.53 Å². The van der Waals surface area contributed by atoms with Crippen LogP contribution in [0.4, 0.5) is 0 Å². The highest BCUT2D eigenvalue weighted by molar-refractivity contribution is 14.0. The maximum absolute atomic E-state index is 11.7. The summed E-state index contributed by atoms with van der Waals surface area (Å²) in [4.78, 5) is 17.7. The fourth-order valence-corrected chi connectivity index (χ4v) is 2.72. The van der Waals surface area contributed by atoms with Crippen molar-refractivity contribution in [3.63, 3.8) is 0 Å². The van der Waals surface area contributed by atoms with E-state index in [-0.39, 0.29) is 42.5 Å². The quantitative estimate of drug-likeness (QED) is 0.397. The Bertz CT molecular complexity index is 365. The van der Waals surface area contributed by atoms with Gasteiger partial charge in [-0.3, -0.25) is 4.79 Å². The maximum atomic E-state index is 11.7. The maximum Gasteiger partial charge on any atom is 0.243 e. The summed E-state index contributed by atoms with van der Waals surface area (Å²) < 4.78 is 5.62. The van der Waals surface area contributed by atoms with Crippen LogP contribution in [0.2, 0.25) is 0 Å². The van der Waals surface area contributed by atoms with E-state index in [4.69, 9.17) is 4.74 Å². The van der Waals surface area contributed by atoms with E-state index >= 15 is 0 Å². The molecule has 0 aromatic heterocycles. The van der Waals surface area contributed by atoms with Gasteiger partial charge in [0.15, 0.2) is 5.96 Å². The van der Waals surface area contributed by atoms with E-state index in [0.29, 0.717) is 6.04 Å². The summed E-state index contributed by atoms with van der Waals surface area (Å²) in [5, 5.41) is 6.77. The Hall–Kier alpha value is -0.570. The van der Waals surface area contributed by atoms with Gasteiger partial charge in [-0.2, -0.15) is 0 Å². The SMILES string of the molecule is CN(C)C(=O)CN=C(NCC1CCCO1)NC1CCCC1.I. The average molecular weight is 424 g/mol. The minimum Gasteiger partial charge on any atom is -0.376 e. The summed E-state index contributed by atoms with van der Waals surface area (Å²) in [5.41, 5.74) is 0. The number of nitrogens with one attached hydrogen (secondary N) is 2. The topological polar surface area (TPSA) is 66.0 Å². The van der Waals surface area contributed by atoms with E-state index in [9.17, 15) is 4.79 Å². The molecule has 1 saturated heterocycles. The van der Waals surface area contributed by atoms with E-state index in [1.807, 2.05) is 0 Å². The zero-order valence-electron chi connectivity index (χ0n) is 13.6. The zero-order valence-corrected chi connectivity index (χ0v) is 16.0. The van der Waals surface area contributed by atoms with Crippen LogP contribution >= 0.6 is 24.0 Å². The predicted molar refractivity (Wildman–Crippen MR) is 98.8 cm³/mol. The van der Waals surface area contributed by atoms with Crippen LogP contribution in [0.3, 0.4) is 0 Å². The summed E-state index contributed by atoms with van der Waals surface area (Å²) >= 11 is 0. The number of aliphatic imine (C=N–C) groups is 1. The van der Waals surface area contributed by atoms with Crippen molar-refractivity contribution in [2.45, 2.75) is 50.7 Å². The first-order valence-corrected chi connectivity index (χ1v) is 8.02. The zero-order chi connectivity index (χ0) is 15.1. The highest BCUT2D eigenvalue weighted by Gasteiger charge is 2.19. The van der Waals surface area contributed by atoms with E-state index in [0.717, 1.165) is 32.0 Å². The highest BCUT2D eigenvalue weighted by Crippen LogP contribution is 2.17. The molecule has 1 amide bonds. The molecule has 2 rings (SSSR count). The third kappa shape index (κ3) is 6.68. The lowest BCUT2D eigenvalue weighted by Gasteiger charge is -2.19. The number of amides is 1. The van der Waals surface area contributed by atoms with Crippen LogP contribution in [0.25, 0.3) is 0 Å². The molecule has 1 aliphatic heterocycles. The first kappa shape index (κ1) is 19.5. The smallest absolute Gasteiger partial charge is 0.243 e. The molecule has 2 fully saturated rings. The van der Waals surface area contributed by atoms with Crippen LogP contribution < -0.4 is 10.6 Å². The van der Waals surface area contributed by atoms with Crippen molar-refractivity contribution in [1.29, 1.82) is 0 Å². The third-order valence-electron chi connectivity index (χ3n) is 4.09. The van der Waals surface area contributed by atoms with Gasteiger partial charge in [0, 0.05) is 33.3 Å². The van der Waals surface area contributed by atoms with Gasteiger partial charge < -0.3 is 20.3 Å². The largest absolute Gasteiger partial charge is 0.376 e. The minimum atomic E-state index is 0. The number of carbonyl (C=O) groups is 1. The first-order valence-electron chi connectivity index (χ1n) is 8.02. The Balaban J connectivity index is 0.00000242.